The van der Waals surface area contributed by atoms with Gasteiger partial charge in [-0.25, -0.2) is 19.4 Å². The van der Waals surface area contributed by atoms with Crippen molar-refractivity contribution >= 4 is 29.7 Å². The lowest BCUT2D eigenvalue weighted by atomic mass is 10.1. The van der Waals surface area contributed by atoms with Crippen LogP contribution < -0.4 is 9.13 Å². The van der Waals surface area contributed by atoms with Crippen LogP contribution in [0.1, 0.15) is 31.1 Å². The zero-order valence-electron chi connectivity index (χ0n) is 16.6. The molecule has 0 spiro atoms. The average molecular weight is 452 g/mol. The molecular weight excluding hydrogens is 436 g/mol. The minimum absolute atomic E-state index is 0.00846. The maximum Gasteiger partial charge on any atom is 0.336 e. The molecule has 0 radical (unpaired) electrons. The van der Waals surface area contributed by atoms with Gasteiger partial charge in [0.2, 0.25) is 11.6 Å². The van der Waals surface area contributed by atoms with Gasteiger partial charge in [0.15, 0.2) is 6.20 Å². The Morgan fingerprint density at radius 1 is 0.938 bits per heavy atom. The number of aromatic carboxylic acids is 3. The van der Waals surface area contributed by atoms with Gasteiger partial charge < -0.3 is 15.3 Å². The van der Waals surface area contributed by atoms with Crippen LogP contribution in [0, 0.1) is 10.7 Å². The Kier molecular flexibility index (Phi) is 6.46. The van der Waals surface area contributed by atoms with E-state index in [2.05, 4.69) is 4.98 Å². The fourth-order valence-corrected chi connectivity index (χ4v) is 3.53. The van der Waals surface area contributed by atoms with Crippen LogP contribution in [0.4, 0.5) is 0 Å². The third-order valence-electron chi connectivity index (χ3n) is 4.60. The van der Waals surface area contributed by atoms with Crippen molar-refractivity contribution in [3.63, 3.8) is 0 Å². The van der Waals surface area contributed by atoms with Gasteiger partial charge in [-0.05, 0) is 12.1 Å². The predicted molar refractivity (Wildman–Crippen MR) is 111 cm³/mol. The van der Waals surface area contributed by atoms with Crippen molar-refractivity contribution in [2.45, 2.75) is 5.88 Å². The minimum atomic E-state index is -1.24. The van der Waals surface area contributed by atoms with Gasteiger partial charge in [0.25, 0.3) is 11.4 Å². The summed E-state index contributed by atoms with van der Waals surface area (Å²) in [5.74, 6) is -3.52. The summed E-state index contributed by atoms with van der Waals surface area (Å²) < 4.78 is 3.21. The van der Waals surface area contributed by atoms with Crippen molar-refractivity contribution in [3.8, 4) is 28.2 Å². The molecular formula is C21H16N4O6S+2. The number of hydrogen-bond acceptors (Lipinski definition) is 6. The Morgan fingerprint density at radius 2 is 1.53 bits per heavy atom. The Hall–Kier alpha value is -4.30. The van der Waals surface area contributed by atoms with E-state index in [0.29, 0.717) is 11.4 Å². The molecule has 160 valence electrons. The molecule has 0 aromatic carbocycles. The van der Waals surface area contributed by atoms with Crippen LogP contribution in [0.2, 0.25) is 0 Å². The minimum Gasteiger partial charge on any atom is -0.478 e. The van der Waals surface area contributed by atoms with Crippen LogP contribution >= 0.6 is 11.8 Å². The van der Waals surface area contributed by atoms with Gasteiger partial charge in [0.1, 0.15) is 18.1 Å². The average Bonchev–Trinajstić information content (AvgIpc) is 2.77. The molecule has 0 atom stereocenters. The molecule has 0 saturated carbocycles. The van der Waals surface area contributed by atoms with Gasteiger partial charge in [-0.15, -0.1) is 0 Å². The maximum atomic E-state index is 11.8. The van der Waals surface area contributed by atoms with Crippen LogP contribution in [0.3, 0.4) is 0 Å². The van der Waals surface area contributed by atoms with E-state index in [-0.39, 0.29) is 34.0 Å². The van der Waals surface area contributed by atoms with Crippen molar-refractivity contribution < 1.29 is 38.8 Å². The number of aryl methyl sites for hydroxylation is 1. The SMILES string of the molecule is C[n+]1ccc(C(=O)O)cc1-c1cc(C(=O)O)cc(-c2cc(C(=O)O)ccn2)[n+]1CSC#N. The fraction of sp³-hybridized carbons (Fsp3) is 0.0952. The van der Waals surface area contributed by atoms with E-state index in [1.165, 1.54) is 48.8 Å². The molecule has 0 aliphatic carbocycles. The number of rotatable bonds is 7. The van der Waals surface area contributed by atoms with E-state index in [1.54, 1.807) is 16.2 Å². The highest BCUT2D eigenvalue weighted by molar-refractivity contribution is 8.02. The van der Waals surface area contributed by atoms with Gasteiger partial charge in [-0.3, -0.25) is 0 Å². The second-order valence-corrected chi connectivity index (χ2v) is 7.29. The highest BCUT2D eigenvalue weighted by atomic mass is 32.2. The smallest absolute Gasteiger partial charge is 0.336 e. The van der Waals surface area contributed by atoms with E-state index in [1.807, 2.05) is 5.40 Å². The number of carboxylic acid groups (broad SMARTS) is 3. The molecule has 3 N–H and O–H groups in total. The van der Waals surface area contributed by atoms with Gasteiger partial charge in [-0.2, -0.15) is 14.4 Å². The standard InChI is InChI=1S/C21H14N4O6S/c1-24-5-3-13(20(28)29)7-17(24)18-9-14(21(30)31)8-16(25(18)11-32-10-22)15-6-12(19(26)27)2-4-23-15/h2-9H,11H2,1H3,(H-2,26,27,28,29,30,31)/p+2. The first-order chi connectivity index (χ1) is 15.2. The van der Waals surface area contributed by atoms with Crippen LogP contribution in [-0.2, 0) is 12.9 Å². The normalized spacial score (nSPS) is 10.4. The van der Waals surface area contributed by atoms with Crippen LogP contribution in [0.5, 0.6) is 0 Å². The van der Waals surface area contributed by atoms with Crippen LogP contribution in [-0.4, -0.2) is 38.2 Å². The second kappa shape index (κ2) is 9.23. The molecule has 0 aliphatic rings. The molecule has 3 heterocycles. The Bertz CT molecular complexity index is 1300. The number of carbonyl (C=O) groups is 3. The summed E-state index contributed by atoms with van der Waals surface area (Å²) >= 11 is 0.871. The molecule has 0 unspecified atom stereocenters. The number of hydrogen-bond donors (Lipinski definition) is 3. The lowest BCUT2D eigenvalue weighted by Gasteiger charge is -2.09. The Balaban J connectivity index is 2.40. The Labute approximate surface area is 185 Å². The van der Waals surface area contributed by atoms with Crippen molar-refractivity contribution in [2.75, 3.05) is 0 Å². The lowest BCUT2D eigenvalue weighted by molar-refractivity contribution is -0.687. The van der Waals surface area contributed by atoms with Crippen molar-refractivity contribution in [2.24, 2.45) is 7.05 Å². The highest BCUT2D eigenvalue weighted by Gasteiger charge is 2.30. The first kappa shape index (κ1) is 22.4. The fourth-order valence-electron chi connectivity index (χ4n) is 3.06. The second-order valence-electron chi connectivity index (χ2n) is 6.56. The molecule has 0 bridgehead atoms. The monoisotopic (exact) mass is 452 g/mol. The molecule has 11 heteroatoms. The quantitative estimate of drug-likeness (QED) is 0.359. The van der Waals surface area contributed by atoms with Crippen LogP contribution in [0.15, 0.2) is 48.8 Å². The summed E-state index contributed by atoms with van der Waals surface area (Å²) in [6.07, 6.45) is 2.82. The molecule has 0 amide bonds. The number of thioether (sulfide) groups is 1. The molecule has 32 heavy (non-hydrogen) atoms. The highest BCUT2D eigenvalue weighted by Crippen LogP contribution is 2.23. The van der Waals surface area contributed by atoms with E-state index < -0.39 is 17.9 Å². The molecule has 0 aliphatic heterocycles. The van der Waals surface area contributed by atoms with E-state index >= 15 is 0 Å². The maximum absolute atomic E-state index is 11.8. The largest absolute Gasteiger partial charge is 0.478 e. The zero-order chi connectivity index (χ0) is 23.4. The molecule has 3 aromatic heterocycles. The number of carboxylic acids is 3. The van der Waals surface area contributed by atoms with Gasteiger partial charge >= 0.3 is 17.9 Å². The number of aromatic nitrogens is 3. The third kappa shape index (κ3) is 4.55. The van der Waals surface area contributed by atoms with E-state index in [9.17, 15) is 29.7 Å². The molecule has 10 nitrogen and oxygen atoms in total. The summed E-state index contributed by atoms with van der Waals surface area (Å²) in [7, 11) is 1.67. The summed E-state index contributed by atoms with van der Waals surface area (Å²) in [5, 5.41) is 39.4. The van der Waals surface area contributed by atoms with Gasteiger partial charge in [0, 0.05) is 42.2 Å². The molecule has 0 fully saturated rings. The van der Waals surface area contributed by atoms with Crippen molar-refractivity contribution in [1.82, 2.24) is 4.98 Å². The summed E-state index contributed by atoms with van der Waals surface area (Å²) in [5.41, 5.74) is 0.965. The zero-order valence-corrected chi connectivity index (χ0v) is 17.4. The lowest BCUT2D eigenvalue weighted by Crippen LogP contribution is -2.43. The van der Waals surface area contributed by atoms with Gasteiger partial charge in [0.05, 0.1) is 16.7 Å². The topological polar surface area (TPSA) is 156 Å². The number of pyridine rings is 3. The predicted octanol–water partition coefficient (Wildman–Crippen LogP) is 1.79. The van der Waals surface area contributed by atoms with E-state index in [4.69, 9.17) is 5.26 Å². The third-order valence-corrected chi connectivity index (χ3v) is 5.12. The molecule has 3 aromatic rings. The summed E-state index contributed by atoms with van der Waals surface area (Å²) in [4.78, 5) is 39.0. The summed E-state index contributed by atoms with van der Waals surface area (Å²) in [6, 6.07) is 8.10. The van der Waals surface area contributed by atoms with Crippen molar-refractivity contribution in [3.05, 3.63) is 65.5 Å². The number of thiocyanates is 1. The van der Waals surface area contributed by atoms with Crippen molar-refractivity contribution in [1.29, 1.82) is 5.26 Å². The van der Waals surface area contributed by atoms with Crippen LogP contribution in [0.25, 0.3) is 22.8 Å². The Morgan fingerprint density at radius 3 is 2.16 bits per heavy atom. The number of nitrogens with zero attached hydrogens (tertiary/aromatic N) is 4. The summed E-state index contributed by atoms with van der Waals surface area (Å²) in [6.45, 7) is 0. The number of nitriles is 1. The molecule has 3 rings (SSSR count). The van der Waals surface area contributed by atoms with E-state index in [0.717, 1.165) is 11.8 Å². The van der Waals surface area contributed by atoms with Gasteiger partial charge in [-0.1, -0.05) is 0 Å². The first-order valence-corrected chi connectivity index (χ1v) is 9.96. The first-order valence-electron chi connectivity index (χ1n) is 8.98. The molecule has 0 saturated heterocycles.